The molecule has 1 unspecified atom stereocenters. The van der Waals surface area contributed by atoms with Gasteiger partial charge in [0.25, 0.3) is 0 Å². The lowest BCUT2D eigenvalue weighted by molar-refractivity contribution is 0.0460. The molecular weight excluding hydrogens is 480 g/mol. The fraction of sp³-hybridized carbons (Fsp3) is 0.552. The average molecular weight is 521 g/mol. The molecule has 1 aromatic carbocycles. The smallest absolute Gasteiger partial charge is 0.407 e. The van der Waals surface area contributed by atoms with E-state index in [-0.39, 0.29) is 23.6 Å². The number of morpholine rings is 1. The predicted molar refractivity (Wildman–Crippen MR) is 151 cm³/mol. The number of rotatable bonds is 5. The number of anilines is 2. The van der Waals surface area contributed by atoms with Crippen LogP contribution in [0, 0.1) is 5.41 Å². The molecule has 9 nitrogen and oxygen atoms in total. The van der Waals surface area contributed by atoms with Crippen LogP contribution in [0.1, 0.15) is 48.0 Å². The Labute approximate surface area is 224 Å². The fourth-order valence-electron chi connectivity index (χ4n) is 5.32. The highest BCUT2D eigenvalue weighted by molar-refractivity contribution is 5.93. The van der Waals surface area contributed by atoms with Crippen molar-refractivity contribution in [2.45, 2.75) is 65.6 Å². The second-order valence-corrected chi connectivity index (χ2v) is 12.4. The largest absolute Gasteiger partial charge is 0.444 e. The Morgan fingerprint density at radius 2 is 2.05 bits per heavy atom. The van der Waals surface area contributed by atoms with Crippen LogP contribution in [-0.4, -0.2) is 71.6 Å². The van der Waals surface area contributed by atoms with E-state index in [9.17, 15) is 4.79 Å². The molecule has 5 rings (SSSR count). The van der Waals surface area contributed by atoms with Crippen molar-refractivity contribution in [3.05, 3.63) is 36.7 Å². The summed E-state index contributed by atoms with van der Waals surface area (Å²) >= 11 is 0. The van der Waals surface area contributed by atoms with Crippen molar-refractivity contribution in [2.75, 3.05) is 42.6 Å². The summed E-state index contributed by atoms with van der Waals surface area (Å²) < 4.78 is 11.4. The van der Waals surface area contributed by atoms with Crippen molar-refractivity contribution in [2.24, 2.45) is 5.41 Å². The second kappa shape index (κ2) is 10.1. The fourth-order valence-corrected chi connectivity index (χ4v) is 5.32. The van der Waals surface area contributed by atoms with Crippen molar-refractivity contribution in [3.63, 3.8) is 0 Å². The Bertz CT molecular complexity index is 1290. The van der Waals surface area contributed by atoms with Crippen LogP contribution in [0.5, 0.6) is 0 Å². The van der Waals surface area contributed by atoms with Crippen LogP contribution in [0.15, 0.2) is 36.7 Å². The lowest BCUT2D eigenvalue weighted by Crippen LogP contribution is -2.56. The van der Waals surface area contributed by atoms with Crippen LogP contribution < -0.4 is 15.1 Å². The Morgan fingerprint density at radius 3 is 2.82 bits per heavy atom. The zero-order chi connectivity index (χ0) is 27.1. The summed E-state index contributed by atoms with van der Waals surface area (Å²) in [6.45, 7) is 15.8. The molecule has 2 aliphatic rings. The van der Waals surface area contributed by atoms with E-state index in [1.165, 1.54) is 0 Å². The molecule has 0 saturated carbocycles. The lowest BCUT2D eigenvalue weighted by atomic mass is 9.84. The number of ether oxygens (including phenoxy) is 2. The van der Waals surface area contributed by atoms with Crippen LogP contribution >= 0.6 is 0 Å². The van der Waals surface area contributed by atoms with Gasteiger partial charge in [0.05, 0.1) is 31.1 Å². The maximum Gasteiger partial charge on any atom is 0.407 e. The third-order valence-electron chi connectivity index (χ3n) is 7.28. The number of H-pyrrole nitrogens is 1. The molecule has 9 heteroatoms. The van der Waals surface area contributed by atoms with Crippen LogP contribution in [0.2, 0.25) is 0 Å². The van der Waals surface area contributed by atoms with E-state index in [2.05, 4.69) is 59.1 Å². The molecule has 0 spiro atoms. The van der Waals surface area contributed by atoms with E-state index in [1.807, 2.05) is 39.2 Å². The molecule has 0 aliphatic carbocycles. The maximum atomic E-state index is 12.6. The van der Waals surface area contributed by atoms with Crippen LogP contribution in [0.4, 0.5) is 16.3 Å². The molecule has 0 radical (unpaired) electrons. The molecule has 4 heterocycles. The molecule has 38 heavy (non-hydrogen) atoms. The predicted octanol–water partition coefficient (Wildman–Crippen LogP) is 4.98. The first-order valence-electron chi connectivity index (χ1n) is 13.5. The molecule has 2 aliphatic heterocycles. The van der Waals surface area contributed by atoms with E-state index in [1.54, 1.807) is 0 Å². The summed E-state index contributed by atoms with van der Waals surface area (Å²) in [6, 6.07) is 8.40. The molecule has 2 aromatic heterocycles. The Balaban J connectivity index is 1.42. The molecule has 0 bridgehead atoms. The van der Waals surface area contributed by atoms with Gasteiger partial charge in [0, 0.05) is 48.3 Å². The van der Waals surface area contributed by atoms with Crippen molar-refractivity contribution in [3.8, 4) is 11.4 Å². The SMILES string of the molecule is CC(C)(C)OC(=O)NC(CCN1C[C@@H]2COCCN2c2nc(-c3cccc4[nH]ccc34)ncc21)C(C)(C)C. The van der Waals surface area contributed by atoms with E-state index >= 15 is 0 Å². The summed E-state index contributed by atoms with van der Waals surface area (Å²) in [5.41, 5.74) is 2.44. The number of nitrogens with one attached hydrogen (secondary N) is 2. The van der Waals surface area contributed by atoms with Gasteiger partial charge in [0.1, 0.15) is 5.60 Å². The minimum absolute atomic E-state index is 0.0622. The van der Waals surface area contributed by atoms with Crippen molar-refractivity contribution in [1.29, 1.82) is 0 Å². The van der Waals surface area contributed by atoms with Crippen LogP contribution in [0.3, 0.4) is 0 Å². The number of nitrogens with zero attached hydrogens (tertiary/aromatic N) is 4. The van der Waals surface area contributed by atoms with E-state index < -0.39 is 5.60 Å². The molecular formula is C29H40N6O3. The molecule has 1 fully saturated rings. The number of hydrogen-bond donors (Lipinski definition) is 2. The first-order chi connectivity index (χ1) is 18.0. The van der Waals surface area contributed by atoms with E-state index in [0.29, 0.717) is 13.2 Å². The zero-order valence-electron chi connectivity index (χ0n) is 23.4. The van der Waals surface area contributed by atoms with Gasteiger partial charge < -0.3 is 29.6 Å². The van der Waals surface area contributed by atoms with Gasteiger partial charge >= 0.3 is 6.09 Å². The molecule has 2 atom stereocenters. The number of hydrogen-bond acceptors (Lipinski definition) is 7. The quantitative estimate of drug-likeness (QED) is 0.490. The molecule has 1 saturated heterocycles. The summed E-state index contributed by atoms with van der Waals surface area (Å²) in [5, 5.41) is 4.23. The summed E-state index contributed by atoms with van der Waals surface area (Å²) in [4.78, 5) is 30.6. The topological polar surface area (TPSA) is 95.6 Å². The molecule has 204 valence electrons. The van der Waals surface area contributed by atoms with Gasteiger partial charge in [-0.3, -0.25) is 0 Å². The molecule has 3 aromatic rings. The lowest BCUT2D eigenvalue weighted by Gasteiger charge is -2.46. The average Bonchev–Trinajstić information content (AvgIpc) is 3.33. The zero-order valence-corrected chi connectivity index (χ0v) is 23.4. The first kappa shape index (κ1) is 26.3. The monoisotopic (exact) mass is 520 g/mol. The van der Waals surface area contributed by atoms with Crippen molar-refractivity contribution < 1.29 is 14.3 Å². The minimum atomic E-state index is -0.539. The third-order valence-corrected chi connectivity index (χ3v) is 7.28. The van der Waals surface area contributed by atoms with Crippen molar-refractivity contribution in [1.82, 2.24) is 20.3 Å². The van der Waals surface area contributed by atoms with Gasteiger partial charge in [-0.1, -0.05) is 32.9 Å². The number of carbonyl (C=O) groups is 1. The van der Waals surface area contributed by atoms with Gasteiger partial charge in [-0.2, -0.15) is 0 Å². The van der Waals surface area contributed by atoms with Gasteiger partial charge in [-0.25, -0.2) is 14.8 Å². The number of alkyl carbamates (subject to hydrolysis) is 1. The second-order valence-electron chi connectivity index (χ2n) is 12.4. The number of carbonyl (C=O) groups excluding carboxylic acids is 1. The van der Waals surface area contributed by atoms with Gasteiger partial charge in [0.15, 0.2) is 11.6 Å². The van der Waals surface area contributed by atoms with Gasteiger partial charge in [-0.05, 0) is 44.7 Å². The first-order valence-corrected chi connectivity index (χ1v) is 13.5. The highest BCUT2D eigenvalue weighted by atomic mass is 16.6. The number of aromatic nitrogens is 3. The third kappa shape index (κ3) is 5.57. The van der Waals surface area contributed by atoms with Gasteiger partial charge in [0.2, 0.25) is 0 Å². The number of benzene rings is 1. The number of fused-ring (bicyclic) bond motifs is 4. The Hall–Kier alpha value is -3.33. The van der Waals surface area contributed by atoms with E-state index in [0.717, 1.165) is 59.9 Å². The van der Waals surface area contributed by atoms with Crippen molar-refractivity contribution >= 4 is 28.5 Å². The van der Waals surface area contributed by atoms with Crippen LogP contribution in [0.25, 0.3) is 22.3 Å². The number of aromatic amines is 1. The van der Waals surface area contributed by atoms with Gasteiger partial charge in [-0.15, -0.1) is 0 Å². The van der Waals surface area contributed by atoms with E-state index in [4.69, 9.17) is 19.4 Å². The highest BCUT2D eigenvalue weighted by Crippen LogP contribution is 2.37. The van der Waals surface area contributed by atoms with Crippen LogP contribution in [-0.2, 0) is 9.47 Å². The normalized spacial score (nSPS) is 18.6. The maximum absolute atomic E-state index is 12.6. The Kier molecular flexibility index (Phi) is 6.98. The molecule has 2 N–H and O–H groups in total. The highest BCUT2D eigenvalue weighted by Gasteiger charge is 2.36. The summed E-state index contributed by atoms with van der Waals surface area (Å²) in [5.74, 6) is 1.68. The summed E-state index contributed by atoms with van der Waals surface area (Å²) in [6.07, 6.45) is 4.29. The minimum Gasteiger partial charge on any atom is -0.444 e. The number of amides is 1. The Morgan fingerprint density at radius 1 is 1.24 bits per heavy atom. The standard InChI is InChI=1S/C29H40N6O3/c1-28(2,3)24(32-27(36)38-29(4,5)6)11-13-34-17-19-18-37-15-14-35(19)26-23(34)16-31-25(33-26)21-8-7-9-22-20(21)10-12-30-22/h7-10,12,16,19,24,30H,11,13-15,17-18H2,1-6H3,(H,32,36)/t19-,24?/m1/s1. The molecule has 1 amide bonds. The summed E-state index contributed by atoms with van der Waals surface area (Å²) in [7, 11) is 0.